The highest BCUT2D eigenvalue weighted by Gasteiger charge is 2.29. The van der Waals surface area contributed by atoms with Gasteiger partial charge in [-0.1, -0.05) is 20.8 Å². The zero-order chi connectivity index (χ0) is 13.5. The van der Waals surface area contributed by atoms with Crippen LogP contribution in [0.2, 0.25) is 0 Å². The van der Waals surface area contributed by atoms with E-state index in [0.29, 0.717) is 5.75 Å². The van der Waals surface area contributed by atoms with Gasteiger partial charge in [0.15, 0.2) is 0 Å². The Kier molecular flexibility index (Phi) is 7.24. The highest BCUT2D eigenvalue weighted by atomic mass is 32.2. The SMILES string of the molecule is CCC(N)CSCC(=O)NC(C)(C#N)C(C)C. The van der Waals surface area contributed by atoms with Gasteiger partial charge in [0, 0.05) is 11.8 Å². The van der Waals surface area contributed by atoms with Crippen LogP contribution in [-0.2, 0) is 4.79 Å². The summed E-state index contributed by atoms with van der Waals surface area (Å²) in [6.07, 6.45) is 0.913. The smallest absolute Gasteiger partial charge is 0.231 e. The second-order valence-corrected chi connectivity index (χ2v) is 5.73. The standard InChI is InChI=1S/C12H23N3OS/c1-5-10(14)6-17-7-11(16)15-12(4,8-13)9(2)3/h9-10H,5-7,14H2,1-4H3,(H,15,16). The molecular formula is C12H23N3OS. The maximum Gasteiger partial charge on any atom is 0.231 e. The predicted molar refractivity (Wildman–Crippen MR) is 72.6 cm³/mol. The first-order chi connectivity index (χ1) is 7.85. The first-order valence-corrected chi connectivity index (χ1v) is 7.06. The molecule has 0 aromatic rings. The fourth-order valence-corrected chi connectivity index (χ4v) is 1.96. The van der Waals surface area contributed by atoms with Crippen molar-refractivity contribution in [1.82, 2.24) is 5.32 Å². The minimum Gasteiger partial charge on any atom is -0.337 e. The summed E-state index contributed by atoms with van der Waals surface area (Å²) in [4.78, 5) is 11.7. The van der Waals surface area contributed by atoms with E-state index in [1.165, 1.54) is 11.8 Å². The fourth-order valence-electron chi connectivity index (χ4n) is 1.05. The van der Waals surface area contributed by atoms with E-state index in [1.807, 2.05) is 20.8 Å². The number of nitrogens with one attached hydrogen (secondary N) is 1. The minimum atomic E-state index is -0.787. The number of hydrogen-bond acceptors (Lipinski definition) is 4. The monoisotopic (exact) mass is 257 g/mol. The topological polar surface area (TPSA) is 78.9 Å². The van der Waals surface area contributed by atoms with Gasteiger partial charge < -0.3 is 11.1 Å². The highest BCUT2D eigenvalue weighted by Crippen LogP contribution is 2.15. The third-order valence-electron chi connectivity index (χ3n) is 2.88. The van der Waals surface area contributed by atoms with E-state index in [4.69, 9.17) is 11.0 Å². The van der Waals surface area contributed by atoms with Crippen LogP contribution in [0.5, 0.6) is 0 Å². The van der Waals surface area contributed by atoms with Gasteiger partial charge in [0.1, 0.15) is 5.54 Å². The van der Waals surface area contributed by atoms with E-state index in [-0.39, 0.29) is 17.9 Å². The molecule has 2 atom stereocenters. The average molecular weight is 257 g/mol. The summed E-state index contributed by atoms with van der Waals surface area (Å²) in [6.45, 7) is 7.61. The third-order valence-corrected chi connectivity index (χ3v) is 4.01. The van der Waals surface area contributed by atoms with Crippen molar-refractivity contribution in [2.75, 3.05) is 11.5 Å². The molecule has 1 amide bonds. The van der Waals surface area contributed by atoms with E-state index in [0.717, 1.165) is 12.2 Å². The molecule has 4 nitrogen and oxygen atoms in total. The van der Waals surface area contributed by atoms with Crippen LogP contribution in [0.1, 0.15) is 34.1 Å². The first kappa shape index (κ1) is 16.3. The Morgan fingerprint density at radius 2 is 2.18 bits per heavy atom. The van der Waals surface area contributed by atoms with Crippen LogP contribution >= 0.6 is 11.8 Å². The average Bonchev–Trinajstić information content (AvgIpc) is 2.28. The number of amides is 1. The zero-order valence-corrected chi connectivity index (χ0v) is 11.9. The van der Waals surface area contributed by atoms with Crippen LogP contribution < -0.4 is 11.1 Å². The second-order valence-electron chi connectivity index (χ2n) is 4.70. The molecule has 0 aromatic heterocycles. The molecule has 0 saturated heterocycles. The van der Waals surface area contributed by atoms with Crippen molar-refractivity contribution in [1.29, 1.82) is 5.26 Å². The number of carbonyl (C=O) groups excluding carboxylic acids is 1. The van der Waals surface area contributed by atoms with Gasteiger partial charge in [0.2, 0.25) is 5.91 Å². The molecule has 2 unspecified atom stereocenters. The molecular weight excluding hydrogens is 234 g/mol. The van der Waals surface area contributed by atoms with Gasteiger partial charge >= 0.3 is 0 Å². The summed E-state index contributed by atoms with van der Waals surface area (Å²) in [6, 6.07) is 2.29. The van der Waals surface area contributed by atoms with Gasteiger partial charge in [-0.3, -0.25) is 4.79 Å². The molecule has 5 heteroatoms. The molecule has 0 bridgehead atoms. The maximum atomic E-state index is 11.7. The van der Waals surface area contributed by atoms with E-state index in [1.54, 1.807) is 6.92 Å². The Bertz CT molecular complexity index is 288. The summed E-state index contributed by atoms with van der Waals surface area (Å²) >= 11 is 1.51. The zero-order valence-electron chi connectivity index (χ0n) is 11.1. The van der Waals surface area contributed by atoms with Crippen LogP contribution in [-0.4, -0.2) is 29.0 Å². The van der Waals surface area contributed by atoms with Gasteiger partial charge in [-0.05, 0) is 19.3 Å². The van der Waals surface area contributed by atoms with Crippen molar-refractivity contribution in [2.45, 2.75) is 45.7 Å². The largest absolute Gasteiger partial charge is 0.337 e. The normalized spacial score (nSPS) is 16.1. The lowest BCUT2D eigenvalue weighted by Crippen LogP contribution is -2.49. The molecule has 3 N–H and O–H groups in total. The number of nitriles is 1. The molecule has 0 fully saturated rings. The maximum absolute atomic E-state index is 11.7. The Labute approximate surface area is 108 Å². The summed E-state index contributed by atoms with van der Waals surface area (Å²) in [5.41, 5.74) is 4.97. The van der Waals surface area contributed by atoms with Crippen molar-refractivity contribution in [3.63, 3.8) is 0 Å². The third kappa shape index (κ3) is 5.94. The number of thioether (sulfide) groups is 1. The predicted octanol–water partition coefficient (Wildman–Crippen LogP) is 1.51. The van der Waals surface area contributed by atoms with Crippen LogP contribution in [0.15, 0.2) is 0 Å². The molecule has 0 aliphatic heterocycles. The summed E-state index contributed by atoms with van der Waals surface area (Å²) in [5.74, 6) is 1.11. The van der Waals surface area contributed by atoms with Crippen molar-refractivity contribution in [3.05, 3.63) is 0 Å². The van der Waals surface area contributed by atoms with Crippen molar-refractivity contribution in [3.8, 4) is 6.07 Å². The molecule has 0 saturated carbocycles. The molecule has 0 aromatic carbocycles. The number of rotatable bonds is 7. The highest BCUT2D eigenvalue weighted by molar-refractivity contribution is 7.99. The van der Waals surface area contributed by atoms with Crippen LogP contribution in [0.25, 0.3) is 0 Å². The van der Waals surface area contributed by atoms with E-state index >= 15 is 0 Å². The molecule has 0 aliphatic rings. The van der Waals surface area contributed by atoms with Crippen LogP contribution in [0, 0.1) is 17.2 Å². The lowest BCUT2D eigenvalue weighted by Gasteiger charge is -2.27. The van der Waals surface area contributed by atoms with Gasteiger partial charge in [0.05, 0.1) is 11.8 Å². The van der Waals surface area contributed by atoms with Crippen molar-refractivity contribution < 1.29 is 4.79 Å². The molecule has 0 spiro atoms. The Hall–Kier alpha value is -0.730. The molecule has 0 rings (SSSR count). The van der Waals surface area contributed by atoms with Crippen molar-refractivity contribution >= 4 is 17.7 Å². The number of nitrogens with two attached hydrogens (primary N) is 1. The molecule has 98 valence electrons. The molecule has 17 heavy (non-hydrogen) atoms. The Morgan fingerprint density at radius 3 is 2.59 bits per heavy atom. The van der Waals surface area contributed by atoms with Gasteiger partial charge in [0.25, 0.3) is 0 Å². The summed E-state index contributed by atoms with van der Waals surface area (Å²) in [7, 11) is 0. The number of hydrogen-bond donors (Lipinski definition) is 2. The fraction of sp³-hybridized carbons (Fsp3) is 0.833. The second kappa shape index (κ2) is 7.57. The lowest BCUT2D eigenvalue weighted by molar-refractivity contribution is -0.120. The Balaban J connectivity index is 4.06. The van der Waals surface area contributed by atoms with Gasteiger partial charge in [-0.2, -0.15) is 17.0 Å². The lowest BCUT2D eigenvalue weighted by atomic mass is 9.90. The van der Waals surface area contributed by atoms with E-state index in [9.17, 15) is 4.79 Å². The minimum absolute atomic E-state index is 0.0827. The van der Waals surface area contributed by atoms with Crippen LogP contribution in [0.4, 0.5) is 0 Å². The molecule has 0 heterocycles. The molecule has 0 radical (unpaired) electrons. The van der Waals surface area contributed by atoms with Gasteiger partial charge in [-0.15, -0.1) is 0 Å². The number of nitrogens with zero attached hydrogens (tertiary/aromatic N) is 1. The van der Waals surface area contributed by atoms with Crippen LogP contribution in [0.3, 0.4) is 0 Å². The summed E-state index contributed by atoms with van der Waals surface area (Å²) < 4.78 is 0. The van der Waals surface area contributed by atoms with E-state index < -0.39 is 5.54 Å². The molecule has 0 aliphatic carbocycles. The summed E-state index contributed by atoms with van der Waals surface area (Å²) in [5, 5.41) is 11.8. The van der Waals surface area contributed by atoms with E-state index in [2.05, 4.69) is 11.4 Å². The first-order valence-electron chi connectivity index (χ1n) is 5.91. The Morgan fingerprint density at radius 1 is 1.59 bits per heavy atom. The van der Waals surface area contributed by atoms with Gasteiger partial charge in [-0.25, -0.2) is 0 Å². The quantitative estimate of drug-likeness (QED) is 0.724. The number of carbonyl (C=O) groups is 1. The van der Waals surface area contributed by atoms with Crippen molar-refractivity contribution in [2.24, 2.45) is 11.7 Å².